The number of halogens is 2. The predicted molar refractivity (Wildman–Crippen MR) is 46.6 cm³/mol. The summed E-state index contributed by atoms with van der Waals surface area (Å²) in [5, 5.41) is 0. The molecule has 0 saturated heterocycles. The summed E-state index contributed by atoms with van der Waals surface area (Å²) < 4.78 is 28.2. The molecule has 13 heavy (non-hydrogen) atoms. The fourth-order valence-corrected chi connectivity index (χ4v) is 0.700. The number of nitrogens with two attached hydrogens (primary N) is 1. The second kappa shape index (κ2) is 5.85. The van der Waals surface area contributed by atoms with Gasteiger partial charge >= 0.3 is 5.97 Å². The highest BCUT2D eigenvalue weighted by atomic mass is 19.3. The van der Waals surface area contributed by atoms with Crippen LogP contribution in [-0.2, 0) is 9.53 Å². The number of esters is 1. The summed E-state index contributed by atoms with van der Waals surface area (Å²) in [4.78, 5) is 10.9. The highest BCUT2D eigenvalue weighted by Crippen LogP contribution is 2.14. The lowest BCUT2D eigenvalue weighted by Gasteiger charge is -2.21. The molecule has 0 aliphatic carbocycles. The van der Waals surface area contributed by atoms with Crippen LogP contribution in [0.25, 0.3) is 0 Å². The summed E-state index contributed by atoms with van der Waals surface area (Å²) in [5.74, 6) is -0.787. The fraction of sp³-hybridized carbons (Fsp3) is 0.875. The average molecular weight is 197 g/mol. The standard InChI is InChI=1S/C7H13F2NO2.CH4/c1-3-12-6(11)7(2,10)4-5(8)9;/h5H,3-4,10H2,1-2H3;1H4. The van der Waals surface area contributed by atoms with Crippen molar-refractivity contribution in [3.05, 3.63) is 0 Å². The maximum atomic E-state index is 11.8. The maximum Gasteiger partial charge on any atom is 0.326 e. The van der Waals surface area contributed by atoms with Gasteiger partial charge in [-0.25, -0.2) is 8.78 Å². The van der Waals surface area contributed by atoms with Crippen LogP contribution >= 0.6 is 0 Å². The van der Waals surface area contributed by atoms with Crippen LogP contribution in [0, 0.1) is 0 Å². The Bertz CT molecular complexity index is 160. The first kappa shape index (κ1) is 14.8. The predicted octanol–water partition coefficient (Wildman–Crippen LogP) is 1.56. The maximum absolute atomic E-state index is 11.8. The molecule has 0 aromatic heterocycles. The van der Waals surface area contributed by atoms with Gasteiger partial charge in [-0.05, 0) is 13.8 Å². The van der Waals surface area contributed by atoms with Crippen LogP contribution in [-0.4, -0.2) is 24.5 Å². The minimum atomic E-state index is -2.59. The van der Waals surface area contributed by atoms with Crippen molar-refractivity contribution in [1.29, 1.82) is 0 Å². The molecule has 0 aliphatic heterocycles. The summed E-state index contributed by atoms with van der Waals surface area (Å²) in [5.41, 5.74) is 3.71. The van der Waals surface area contributed by atoms with E-state index in [9.17, 15) is 13.6 Å². The van der Waals surface area contributed by atoms with Gasteiger partial charge in [-0.3, -0.25) is 4.79 Å². The first-order valence-corrected chi connectivity index (χ1v) is 3.64. The van der Waals surface area contributed by atoms with Gasteiger partial charge in [0.2, 0.25) is 6.43 Å². The minimum Gasteiger partial charge on any atom is -0.465 e. The van der Waals surface area contributed by atoms with E-state index >= 15 is 0 Å². The molecule has 1 atom stereocenters. The van der Waals surface area contributed by atoms with E-state index in [1.807, 2.05) is 0 Å². The van der Waals surface area contributed by atoms with Gasteiger partial charge in [-0.1, -0.05) is 7.43 Å². The highest BCUT2D eigenvalue weighted by molar-refractivity contribution is 5.79. The Hall–Kier alpha value is -0.710. The molecule has 1 unspecified atom stereocenters. The van der Waals surface area contributed by atoms with Crippen molar-refractivity contribution in [2.24, 2.45) is 5.73 Å². The lowest BCUT2D eigenvalue weighted by Crippen LogP contribution is -2.47. The zero-order valence-electron chi connectivity index (χ0n) is 7.14. The third-order valence-corrected chi connectivity index (χ3v) is 1.32. The number of carbonyl (C=O) groups excluding carboxylic acids is 1. The van der Waals surface area contributed by atoms with Crippen molar-refractivity contribution in [2.75, 3.05) is 6.61 Å². The zero-order chi connectivity index (χ0) is 9.78. The Morgan fingerprint density at radius 1 is 1.62 bits per heavy atom. The molecule has 0 bridgehead atoms. The van der Waals surface area contributed by atoms with Crippen LogP contribution in [0.15, 0.2) is 0 Å². The van der Waals surface area contributed by atoms with Crippen molar-refractivity contribution >= 4 is 5.97 Å². The third-order valence-electron chi connectivity index (χ3n) is 1.32. The number of alkyl halides is 2. The summed E-state index contributed by atoms with van der Waals surface area (Å²) in [6.07, 6.45) is -3.27. The molecular formula is C8H17F2NO2. The molecule has 0 saturated carbocycles. The zero-order valence-corrected chi connectivity index (χ0v) is 7.14. The number of hydrogen-bond acceptors (Lipinski definition) is 3. The summed E-state index contributed by atoms with van der Waals surface area (Å²) in [7, 11) is 0. The summed E-state index contributed by atoms with van der Waals surface area (Å²) in [6.45, 7) is 2.97. The van der Waals surface area contributed by atoms with Crippen LogP contribution < -0.4 is 5.73 Å². The molecule has 80 valence electrons. The summed E-state index contributed by atoms with van der Waals surface area (Å²) in [6, 6.07) is 0. The SMILES string of the molecule is C.CCOC(=O)C(C)(N)CC(F)F. The van der Waals surface area contributed by atoms with E-state index in [1.54, 1.807) is 6.92 Å². The van der Waals surface area contributed by atoms with Crippen molar-refractivity contribution < 1.29 is 18.3 Å². The van der Waals surface area contributed by atoms with Crippen LogP contribution in [0.4, 0.5) is 8.78 Å². The lowest BCUT2D eigenvalue weighted by atomic mass is 10.0. The molecule has 0 amide bonds. The first-order valence-electron chi connectivity index (χ1n) is 3.64. The van der Waals surface area contributed by atoms with Gasteiger partial charge in [0.25, 0.3) is 0 Å². The van der Waals surface area contributed by atoms with Gasteiger partial charge < -0.3 is 10.5 Å². The Morgan fingerprint density at radius 3 is 2.38 bits per heavy atom. The van der Waals surface area contributed by atoms with E-state index in [-0.39, 0.29) is 14.0 Å². The molecule has 0 heterocycles. The second-order valence-corrected chi connectivity index (χ2v) is 2.73. The van der Waals surface area contributed by atoms with E-state index in [1.165, 1.54) is 6.92 Å². The van der Waals surface area contributed by atoms with E-state index in [4.69, 9.17) is 5.73 Å². The summed E-state index contributed by atoms with van der Waals surface area (Å²) >= 11 is 0. The Labute approximate surface area is 77.2 Å². The molecule has 3 nitrogen and oxygen atoms in total. The highest BCUT2D eigenvalue weighted by Gasteiger charge is 2.33. The van der Waals surface area contributed by atoms with Crippen molar-refractivity contribution in [2.45, 2.75) is 39.7 Å². The number of ether oxygens (including phenoxy) is 1. The van der Waals surface area contributed by atoms with Gasteiger partial charge in [0.1, 0.15) is 5.54 Å². The second-order valence-electron chi connectivity index (χ2n) is 2.73. The smallest absolute Gasteiger partial charge is 0.326 e. The van der Waals surface area contributed by atoms with E-state index in [2.05, 4.69) is 4.74 Å². The molecule has 5 heteroatoms. The third kappa shape index (κ3) is 5.52. The van der Waals surface area contributed by atoms with Crippen molar-refractivity contribution in [3.63, 3.8) is 0 Å². The van der Waals surface area contributed by atoms with Crippen molar-refractivity contribution in [1.82, 2.24) is 0 Å². The van der Waals surface area contributed by atoms with E-state index in [0.717, 1.165) is 0 Å². The molecule has 0 aromatic carbocycles. The quantitative estimate of drug-likeness (QED) is 0.696. The number of rotatable bonds is 4. The van der Waals surface area contributed by atoms with E-state index in [0.29, 0.717) is 0 Å². The molecule has 0 aromatic rings. The minimum absolute atomic E-state index is 0. The van der Waals surface area contributed by atoms with Gasteiger partial charge in [0.05, 0.1) is 6.61 Å². The van der Waals surface area contributed by atoms with Gasteiger partial charge in [0.15, 0.2) is 0 Å². The molecule has 0 radical (unpaired) electrons. The van der Waals surface area contributed by atoms with E-state index < -0.39 is 24.4 Å². The van der Waals surface area contributed by atoms with Crippen LogP contribution in [0.2, 0.25) is 0 Å². The molecule has 0 aliphatic rings. The Morgan fingerprint density at radius 2 is 2.08 bits per heavy atom. The van der Waals surface area contributed by atoms with Crippen LogP contribution in [0.1, 0.15) is 27.7 Å². The first-order chi connectivity index (χ1) is 5.40. The molecular weight excluding hydrogens is 180 g/mol. The molecule has 0 spiro atoms. The normalized spacial score (nSPS) is 14.6. The van der Waals surface area contributed by atoms with Crippen molar-refractivity contribution in [3.8, 4) is 0 Å². The van der Waals surface area contributed by atoms with Gasteiger partial charge in [-0.2, -0.15) is 0 Å². The largest absolute Gasteiger partial charge is 0.465 e. The molecule has 0 rings (SSSR count). The van der Waals surface area contributed by atoms with Crippen LogP contribution in [0.5, 0.6) is 0 Å². The average Bonchev–Trinajstić information content (AvgIpc) is 1.85. The topological polar surface area (TPSA) is 52.3 Å². The Kier molecular flexibility index (Phi) is 6.66. The number of hydrogen-bond donors (Lipinski definition) is 1. The Balaban J connectivity index is 0. The van der Waals surface area contributed by atoms with Crippen LogP contribution in [0.3, 0.4) is 0 Å². The monoisotopic (exact) mass is 197 g/mol. The van der Waals surface area contributed by atoms with Gasteiger partial charge in [-0.15, -0.1) is 0 Å². The lowest BCUT2D eigenvalue weighted by molar-refractivity contribution is -0.150. The number of carbonyl (C=O) groups is 1. The van der Waals surface area contributed by atoms with Gasteiger partial charge in [0, 0.05) is 6.42 Å². The molecule has 2 N–H and O–H groups in total. The fourth-order valence-electron chi connectivity index (χ4n) is 0.700. The molecule has 0 fully saturated rings.